The first-order valence-electron chi connectivity index (χ1n) is 12.4. The van der Waals surface area contributed by atoms with Gasteiger partial charge in [0.2, 0.25) is 0 Å². The maximum atomic E-state index is 12.3. The van der Waals surface area contributed by atoms with Crippen molar-refractivity contribution < 1.29 is 29.3 Å². The summed E-state index contributed by atoms with van der Waals surface area (Å²) in [5.74, 6) is -1.33. The van der Waals surface area contributed by atoms with Crippen LogP contribution >= 0.6 is 0 Å². The molecule has 0 unspecified atom stereocenters. The van der Waals surface area contributed by atoms with Crippen LogP contribution in [0.5, 0.6) is 5.75 Å². The fourth-order valence-electron chi connectivity index (χ4n) is 4.10. The number of benzene rings is 2. The first-order chi connectivity index (χ1) is 17.2. The van der Waals surface area contributed by atoms with Crippen molar-refractivity contribution in [2.45, 2.75) is 52.9 Å². The van der Waals surface area contributed by atoms with Gasteiger partial charge in [0.15, 0.2) is 5.78 Å². The number of aliphatic carboxylic acids is 2. The Kier molecular flexibility index (Phi) is 11.9. The number of aryl methyl sites for hydroxylation is 2. The van der Waals surface area contributed by atoms with E-state index in [1.165, 1.54) is 43.5 Å². The van der Waals surface area contributed by atoms with E-state index in [1.807, 2.05) is 25.1 Å². The molecule has 2 N–H and O–H groups in total. The first-order valence-corrected chi connectivity index (χ1v) is 12.4. The Morgan fingerprint density at radius 2 is 1.61 bits per heavy atom. The minimum absolute atomic E-state index is 0.219. The Morgan fingerprint density at radius 3 is 2.22 bits per heavy atom. The van der Waals surface area contributed by atoms with Crippen molar-refractivity contribution in [3.8, 4) is 16.9 Å². The minimum Gasteiger partial charge on any atom is -0.492 e. The second-order valence-electron chi connectivity index (χ2n) is 8.95. The molecule has 3 rings (SSSR count). The predicted molar refractivity (Wildman–Crippen MR) is 141 cm³/mol. The van der Waals surface area contributed by atoms with Gasteiger partial charge in [-0.2, -0.15) is 0 Å². The maximum absolute atomic E-state index is 12.3. The van der Waals surface area contributed by atoms with Crippen LogP contribution < -0.4 is 4.74 Å². The van der Waals surface area contributed by atoms with Gasteiger partial charge in [0.1, 0.15) is 12.4 Å². The van der Waals surface area contributed by atoms with Crippen LogP contribution in [-0.4, -0.2) is 59.1 Å². The molecule has 0 saturated carbocycles. The third-order valence-corrected chi connectivity index (χ3v) is 5.98. The van der Waals surface area contributed by atoms with Crippen LogP contribution in [0.1, 0.15) is 60.5 Å². The lowest BCUT2D eigenvalue weighted by atomic mass is 9.95. The Balaban J connectivity index is 0.000000493. The van der Waals surface area contributed by atoms with Gasteiger partial charge in [-0.3, -0.25) is 9.69 Å². The molecule has 0 spiro atoms. The molecule has 1 heterocycles. The van der Waals surface area contributed by atoms with E-state index in [-0.39, 0.29) is 5.78 Å². The topological polar surface area (TPSA) is 104 Å². The van der Waals surface area contributed by atoms with Crippen LogP contribution in [0.25, 0.3) is 11.1 Å². The van der Waals surface area contributed by atoms with E-state index < -0.39 is 11.9 Å². The first kappa shape index (κ1) is 28.8. The van der Waals surface area contributed by atoms with Gasteiger partial charge in [0, 0.05) is 30.7 Å². The van der Waals surface area contributed by atoms with Crippen LogP contribution in [0.15, 0.2) is 48.6 Å². The van der Waals surface area contributed by atoms with Gasteiger partial charge < -0.3 is 14.9 Å². The number of hydrogen-bond donors (Lipinski definition) is 2. The summed E-state index contributed by atoms with van der Waals surface area (Å²) in [4.78, 5) is 33.9. The molecule has 0 aliphatic carbocycles. The summed E-state index contributed by atoms with van der Waals surface area (Å²) in [5.41, 5.74) is 5.40. The zero-order chi connectivity index (χ0) is 26.5. The summed E-state index contributed by atoms with van der Waals surface area (Å²) in [6.45, 7) is 10.4. The molecule has 0 aromatic heterocycles. The zero-order valence-electron chi connectivity index (χ0n) is 21.5. The molecule has 1 fully saturated rings. The quantitative estimate of drug-likeness (QED) is 0.330. The van der Waals surface area contributed by atoms with Crippen molar-refractivity contribution >= 4 is 17.7 Å². The lowest BCUT2D eigenvalue weighted by Gasteiger charge is -2.26. The molecule has 1 saturated heterocycles. The molecule has 7 nitrogen and oxygen atoms in total. The summed E-state index contributed by atoms with van der Waals surface area (Å²) < 4.78 is 6.11. The van der Waals surface area contributed by atoms with Crippen molar-refractivity contribution in [3.63, 3.8) is 0 Å². The molecule has 7 heteroatoms. The number of hydrogen-bond acceptors (Lipinski definition) is 5. The highest BCUT2D eigenvalue weighted by molar-refractivity contribution is 5.97. The Hall–Kier alpha value is -3.45. The van der Waals surface area contributed by atoms with E-state index in [2.05, 4.69) is 36.9 Å². The van der Waals surface area contributed by atoms with Gasteiger partial charge in [-0.05, 0) is 86.7 Å². The molecule has 0 amide bonds. The highest BCUT2D eigenvalue weighted by atomic mass is 16.5. The Labute approximate surface area is 213 Å². The SMILES string of the molecule is CCCC(=O)c1cccc(-c2cc(C)c(OCCN3CCCCC3)cc2C)c1.O=C(O)/C=C/C(=O)O. The number of carbonyl (C=O) groups is 3. The monoisotopic (exact) mass is 495 g/mol. The summed E-state index contributed by atoms with van der Waals surface area (Å²) in [7, 11) is 0. The molecule has 0 bridgehead atoms. The molecule has 2 aromatic rings. The number of nitrogens with zero attached hydrogens (tertiary/aromatic N) is 1. The van der Waals surface area contributed by atoms with Crippen LogP contribution in [0, 0.1) is 13.8 Å². The highest BCUT2D eigenvalue weighted by Gasteiger charge is 2.12. The van der Waals surface area contributed by atoms with Crippen molar-refractivity contribution in [1.82, 2.24) is 4.90 Å². The normalized spacial score (nSPS) is 13.6. The lowest BCUT2D eigenvalue weighted by molar-refractivity contribution is -0.134. The van der Waals surface area contributed by atoms with E-state index >= 15 is 0 Å². The van der Waals surface area contributed by atoms with Crippen LogP contribution in [0.4, 0.5) is 0 Å². The standard InChI is InChI=1S/C25H33NO2.C4H4O4/c1-4-9-24(27)22-11-8-10-21(18-22)23-16-20(3)25(17-19(23)2)28-15-14-26-12-6-5-7-13-26;5-3(6)1-2-4(7)8/h8,10-11,16-18H,4-7,9,12-15H2,1-3H3;1-2H,(H,5,6)(H,7,8)/b;2-1+. The Morgan fingerprint density at radius 1 is 0.944 bits per heavy atom. The number of ether oxygens (including phenoxy) is 1. The van der Waals surface area contributed by atoms with Crippen molar-refractivity contribution in [2.75, 3.05) is 26.2 Å². The highest BCUT2D eigenvalue weighted by Crippen LogP contribution is 2.31. The fourth-order valence-corrected chi connectivity index (χ4v) is 4.10. The molecule has 2 aromatic carbocycles. The summed E-state index contributed by atoms with van der Waals surface area (Å²) in [6.07, 6.45) is 6.59. The second kappa shape index (κ2) is 14.8. The van der Waals surface area contributed by atoms with E-state index in [4.69, 9.17) is 14.9 Å². The zero-order valence-corrected chi connectivity index (χ0v) is 21.5. The average Bonchev–Trinajstić information content (AvgIpc) is 2.86. The van der Waals surface area contributed by atoms with Gasteiger partial charge in [-0.25, -0.2) is 9.59 Å². The molecule has 1 aliphatic rings. The average molecular weight is 496 g/mol. The van der Waals surface area contributed by atoms with E-state index in [1.54, 1.807) is 0 Å². The number of carboxylic acids is 2. The molecule has 36 heavy (non-hydrogen) atoms. The molecule has 0 atom stereocenters. The van der Waals surface area contributed by atoms with E-state index in [0.29, 0.717) is 18.6 Å². The van der Waals surface area contributed by atoms with Crippen molar-refractivity contribution in [1.29, 1.82) is 0 Å². The Bertz CT molecular complexity index is 1050. The van der Waals surface area contributed by atoms with Crippen LogP contribution in [0.3, 0.4) is 0 Å². The number of carbonyl (C=O) groups excluding carboxylic acids is 1. The molecular weight excluding hydrogens is 458 g/mol. The number of piperidine rings is 1. The number of ketones is 1. The van der Waals surface area contributed by atoms with E-state index in [9.17, 15) is 14.4 Å². The molecular formula is C29H37NO6. The van der Waals surface area contributed by atoms with Crippen LogP contribution in [0.2, 0.25) is 0 Å². The number of Topliss-reactive ketones (excluding diaryl/α,β-unsaturated/α-hetero) is 1. The van der Waals surface area contributed by atoms with Gasteiger partial charge in [-0.1, -0.05) is 31.5 Å². The summed E-state index contributed by atoms with van der Waals surface area (Å²) in [6, 6.07) is 12.3. The third-order valence-electron chi connectivity index (χ3n) is 5.98. The van der Waals surface area contributed by atoms with Crippen LogP contribution in [-0.2, 0) is 9.59 Å². The predicted octanol–water partition coefficient (Wildman–Crippen LogP) is 5.53. The smallest absolute Gasteiger partial charge is 0.328 e. The summed E-state index contributed by atoms with van der Waals surface area (Å²) in [5, 5.41) is 15.6. The van der Waals surface area contributed by atoms with Gasteiger partial charge >= 0.3 is 11.9 Å². The lowest BCUT2D eigenvalue weighted by Crippen LogP contribution is -2.33. The maximum Gasteiger partial charge on any atom is 0.328 e. The molecule has 194 valence electrons. The fraction of sp³-hybridized carbons (Fsp3) is 0.414. The molecule has 0 radical (unpaired) electrons. The summed E-state index contributed by atoms with van der Waals surface area (Å²) >= 11 is 0. The van der Waals surface area contributed by atoms with Crippen molar-refractivity contribution in [3.05, 3.63) is 65.2 Å². The minimum atomic E-state index is -1.26. The number of carboxylic acid groups (broad SMARTS) is 2. The third kappa shape index (κ3) is 9.66. The van der Waals surface area contributed by atoms with Crippen molar-refractivity contribution in [2.24, 2.45) is 0 Å². The largest absolute Gasteiger partial charge is 0.492 e. The van der Waals surface area contributed by atoms with Gasteiger partial charge in [0.25, 0.3) is 0 Å². The van der Waals surface area contributed by atoms with E-state index in [0.717, 1.165) is 42.0 Å². The van der Waals surface area contributed by atoms with Gasteiger partial charge in [0.05, 0.1) is 0 Å². The number of rotatable bonds is 10. The number of likely N-dealkylation sites (tertiary alicyclic amines) is 1. The molecule has 1 aliphatic heterocycles. The second-order valence-corrected chi connectivity index (χ2v) is 8.95. The van der Waals surface area contributed by atoms with Gasteiger partial charge in [-0.15, -0.1) is 0 Å².